The molecule has 0 aromatic rings. The second-order valence-corrected chi connectivity index (χ2v) is 2.10. The minimum Gasteiger partial charge on any atom is -0.468 e. The molecule has 0 aliphatic carbocycles. The molecule has 0 atom stereocenters. The van der Waals surface area contributed by atoms with E-state index >= 15 is 0 Å². The Morgan fingerprint density at radius 2 is 1.90 bits per heavy atom. The topological polar surface area (TPSA) is 46.5 Å². The van der Waals surface area contributed by atoms with Crippen molar-refractivity contribution in [2.24, 2.45) is 0 Å². The fraction of sp³-hybridized carbons (Fsp3) is 0.857. The van der Waals surface area contributed by atoms with Crippen molar-refractivity contribution in [3.8, 4) is 0 Å². The number of unbranched alkanes of at least 4 members (excludes halogenated alkanes) is 3. The number of ether oxygens (including phenoxy) is 1. The average molecular weight is 146 g/mol. The van der Waals surface area contributed by atoms with Gasteiger partial charge in [-0.05, 0) is 19.3 Å². The summed E-state index contributed by atoms with van der Waals surface area (Å²) in [7, 11) is 0. The molecule has 0 rings (SSSR count). The Morgan fingerprint density at radius 3 is 2.50 bits per heavy atom. The Hall–Kier alpha value is -0.570. The Balaban J connectivity index is 2.70. The van der Waals surface area contributed by atoms with Crippen LogP contribution in [0.15, 0.2) is 0 Å². The van der Waals surface area contributed by atoms with E-state index in [4.69, 9.17) is 5.11 Å². The van der Waals surface area contributed by atoms with Crippen molar-refractivity contribution in [1.29, 1.82) is 0 Å². The number of hydrogen-bond donors (Lipinski definition) is 1. The highest BCUT2D eigenvalue weighted by Crippen LogP contribution is 1.98. The molecule has 0 fully saturated rings. The first kappa shape index (κ1) is 9.43. The molecule has 0 spiro atoms. The zero-order valence-corrected chi connectivity index (χ0v) is 6.08. The lowest BCUT2D eigenvalue weighted by Gasteiger charge is -1.97. The van der Waals surface area contributed by atoms with E-state index in [1.165, 1.54) is 0 Å². The monoisotopic (exact) mass is 146 g/mol. The first-order valence-electron chi connectivity index (χ1n) is 3.58. The van der Waals surface area contributed by atoms with E-state index in [0.29, 0.717) is 13.1 Å². The van der Waals surface area contributed by atoms with Crippen molar-refractivity contribution in [2.45, 2.75) is 25.7 Å². The predicted molar refractivity (Wildman–Crippen MR) is 37.6 cm³/mol. The summed E-state index contributed by atoms with van der Waals surface area (Å²) in [5.74, 6) is 0. The molecule has 0 aliphatic rings. The van der Waals surface area contributed by atoms with Crippen molar-refractivity contribution < 1.29 is 14.6 Å². The molecule has 0 aromatic carbocycles. The van der Waals surface area contributed by atoms with Gasteiger partial charge in [0.1, 0.15) is 0 Å². The van der Waals surface area contributed by atoms with Gasteiger partial charge in [0.15, 0.2) is 0 Å². The van der Waals surface area contributed by atoms with Gasteiger partial charge in [0, 0.05) is 6.61 Å². The Labute approximate surface area is 61.0 Å². The van der Waals surface area contributed by atoms with Crippen LogP contribution >= 0.6 is 0 Å². The Kier molecular flexibility index (Phi) is 7.95. The average Bonchev–Trinajstić information content (AvgIpc) is 1.97. The van der Waals surface area contributed by atoms with Crippen LogP contribution in [-0.4, -0.2) is 24.8 Å². The normalized spacial score (nSPS) is 9.30. The van der Waals surface area contributed by atoms with E-state index in [9.17, 15) is 4.79 Å². The Morgan fingerprint density at radius 1 is 1.20 bits per heavy atom. The zero-order valence-electron chi connectivity index (χ0n) is 6.08. The fourth-order valence-electron chi connectivity index (χ4n) is 0.699. The molecule has 10 heavy (non-hydrogen) atoms. The van der Waals surface area contributed by atoms with E-state index in [0.717, 1.165) is 25.7 Å². The van der Waals surface area contributed by atoms with E-state index in [1.807, 2.05) is 0 Å². The van der Waals surface area contributed by atoms with E-state index in [1.54, 1.807) is 0 Å². The van der Waals surface area contributed by atoms with Gasteiger partial charge in [-0.1, -0.05) is 6.42 Å². The van der Waals surface area contributed by atoms with Gasteiger partial charge in [0.2, 0.25) is 0 Å². The van der Waals surface area contributed by atoms with E-state index in [2.05, 4.69) is 4.74 Å². The van der Waals surface area contributed by atoms with Gasteiger partial charge in [0.25, 0.3) is 6.47 Å². The predicted octanol–water partition coefficient (Wildman–Crippen LogP) is 0.712. The van der Waals surface area contributed by atoms with Crippen molar-refractivity contribution >= 4 is 6.47 Å². The second kappa shape index (κ2) is 8.43. The summed E-state index contributed by atoms with van der Waals surface area (Å²) in [6, 6.07) is 0. The van der Waals surface area contributed by atoms with Crippen LogP contribution in [0, 0.1) is 0 Å². The van der Waals surface area contributed by atoms with Crippen LogP contribution in [0.1, 0.15) is 25.7 Å². The highest BCUT2D eigenvalue weighted by Gasteiger charge is 1.87. The molecule has 1 N–H and O–H groups in total. The van der Waals surface area contributed by atoms with E-state index < -0.39 is 0 Å². The first-order valence-corrected chi connectivity index (χ1v) is 3.58. The third-order valence-corrected chi connectivity index (χ3v) is 1.24. The Bertz CT molecular complexity index is 73.3. The van der Waals surface area contributed by atoms with Crippen LogP contribution in [0.5, 0.6) is 0 Å². The maximum Gasteiger partial charge on any atom is 0.293 e. The minimum atomic E-state index is 0.258. The molecule has 0 saturated heterocycles. The number of rotatable bonds is 7. The molecule has 0 radical (unpaired) electrons. The fourth-order valence-corrected chi connectivity index (χ4v) is 0.699. The molecule has 0 bridgehead atoms. The molecule has 3 heteroatoms. The SMILES string of the molecule is O=COCCCCCCO. The van der Waals surface area contributed by atoms with Gasteiger partial charge in [-0.2, -0.15) is 0 Å². The summed E-state index contributed by atoms with van der Waals surface area (Å²) in [6.07, 6.45) is 3.78. The van der Waals surface area contributed by atoms with Crippen LogP contribution in [-0.2, 0) is 9.53 Å². The first-order chi connectivity index (χ1) is 4.91. The zero-order chi connectivity index (χ0) is 7.66. The van der Waals surface area contributed by atoms with Crippen LogP contribution in [0.4, 0.5) is 0 Å². The quantitative estimate of drug-likeness (QED) is 0.425. The summed E-state index contributed by atoms with van der Waals surface area (Å²) >= 11 is 0. The maximum atomic E-state index is 9.63. The van der Waals surface area contributed by atoms with Crippen molar-refractivity contribution in [3.05, 3.63) is 0 Å². The lowest BCUT2D eigenvalue weighted by Crippen LogP contribution is -1.91. The summed E-state index contributed by atoms with van der Waals surface area (Å²) in [5, 5.41) is 8.38. The standard InChI is InChI=1S/C7H14O3/c8-5-3-1-2-4-6-10-7-9/h7-8H,1-6H2. The molecule has 0 aromatic heterocycles. The summed E-state index contributed by atoms with van der Waals surface area (Å²) in [5.41, 5.74) is 0. The van der Waals surface area contributed by atoms with Crippen LogP contribution in [0.2, 0.25) is 0 Å². The molecule has 3 nitrogen and oxygen atoms in total. The third kappa shape index (κ3) is 7.43. The number of aliphatic hydroxyl groups is 1. The molecule has 0 amide bonds. The summed E-state index contributed by atoms with van der Waals surface area (Å²) in [6.45, 7) is 1.23. The molecule has 60 valence electrons. The lowest BCUT2D eigenvalue weighted by molar-refractivity contribution is -0.128. The van der Waals surface area contributed by atoms with Crippen LogP contribution < -0.4 is 0 Å². The van der Waals surface area contributed by atoms with Crippen molar-refractivity contribution in [2.75, 3.05) is 13.2 Å². The van der Waals surface area contributed by atoms with Gasteiger partial charge in [-0.15, -0.1) is 0 Å². The highest BCUT2D eigenvalue weighted by molar-refractivity contribution is 5.36. The van der Waals surface area contributed by atoms with Crippen molar-refractivity contribution in [3.63, 3.8) is 0 Å². The summed E-state index contributed by atoms with van der Waals surface area (Å²) in [4.78, 5) is 9.63. The maximum absolute atomic E-state index is 9.63. The van der Waals surface area contributed by atoms with Gasteiger partial charge >= 0.3 is 0 Å². The minimum absolute atomic E-state index is 0.258. The molecular weight excluding hydrogens is 132 g/mol. The van der Waals surface area contributed by atoms with Gasteiger partial charge in [0.05, 0.1) is 6.61 Å². The smallest absolute Gasteiger partial charge is 0.293 e. The molecule has 0 saturated carbocycles. The summed E-state index contributed by atoms with van der Waals surface area (Å²) < 4.78 is 4.47. The molecule has 0 aliphatic heterocycles. The molecule has 0 unspecified atom stereocenters. The van der Waals surface area contributed by atoms with Gasteiger partial charge in [-0.25, -0.2) is 0 Å². The number of aliphatic hydroxyl groups excluding tert-OH is 1. The number of carbonyl (C=O) groups excluding carboxylic acids is 1. The van der Waals surface area contributed by atoms with Gasteiger partial charge < -0.3 is 9.84 Å². The van der Waals surface area contributed by atoms with Crippen molar-refractivity contribution in [1.82, 2.24) is 0 Å². The van der Waals surface area contributed by atoms with Crippen LogP contribution in [0.3, 0.4) is 0 Å². The second-order valence-electron chi connectivity index (χ2n) is 2.10. The number of carbonyl (C=O) groups is 1. The van der Waals surface area contributed by atoms with Crippen LogP contribution in [0.25, 0.3) is 0 Å². The largest absolute Gasteiger partial charge is 0.468 e. The molecule has 0 heterocycles. The highest BCUT2D eigenvalue weighted by atomic mass is 16.5. The number of hydrogen-bond acceptors (Lipinski definition) is 3. The van der Waals surface area contributed by atoms with E-state index in [-0.39, 0.29) is 6.61 Å². The van der Waals surface area contributed by atoms with Gasteiger partial charge in [-0.3, -0.25) is 4.79 Å². The molecular formula is C7H14O3. The lowest BCUT2D eigenvalue weighted by atomic mass is 10.2. The third-order valence-electron chi connectivity index (χ3n) is 1.24.